The first-order valence-electron chi connectivity index (χ1n) is 9.57. The fourth-order valence-electron chi connectivity index (χ4n) is 7.26. The number of alkyl halides is 1. The minimum absolute atomic E-state index is 0.326. The maximum absolute atomic E-state index is 2.63. The summed E-state index contributed by atoms with van der Waals surface area (Å²) < 4.78 is 3.15. The smallest absolute Gasteiger partial charge is 0.00986 e. The molecule has 0 nitrogen and oxygen atoms in total. The lowest BCUT2D eigenvalue weighted by Gasteiger charge is -2.36. The quantitative estimate of drug-likeness (QED) is 0.268. The van der Waals surface area contributed by atoms with E-state index in [0.29, 0.717) is 20.7 Å². The van der Waals surface area contributed by atoms with Crippen LogP contribution in [0.1, 0.15) is 31.2 Å². The first kappa shape index (κ1) is 13.8. The maximum Gasteiger partial charge on any atom is 0.00986 e. The summed E-state index contributed by atoms with van der Waals surface area (Å²) in [5.41, 5.74) is 1.57. The summed E-state index contributed by atoms with van der Waals surface area (Å²) in [4.78, 5) is 0. The highest BCUT2D eigenvalue weighted by atomic mass is 127. The summed E-state index contributed by atoms with van der Waals surface area (Å²) in [7, 11) is 0. The Hall–Kier alpha value is -0.440. The fraction of sp³-hybridized carbons (Fsp3) is 0.591. The van der Waals surface area contributed by atoms with Gasteiger partial charge >= 0.3 is 0 Å². The van der Waals surface area contributed by atoms with E-state index in [0.717, 1.165) is 45.3 Å². The normalized spacial score (nSPS) is 48.8. The molecule has 1 aromatic carbocycles. The van der Waals surface area contributed by atoms with Crippen LogP contribution in [-0.2, 0) is 6.42 Å². The summed E-state index contributed by atoms with van der Waals surface area (Å²) >= 11 is 0.326. The van der Waals surface area contributed by atoms with Crippen LogP contribution in [0.4, 0.5) is 0 Å². The van der Waals surface area contributed by atoms with Crippen molar-refractivity contribution in [2.75, 3.05) is 0 Å². The van der Waals surface area contributed by atoms with Crippen molar-refractivity contribution in [1.82, 2.24) is 0 Å². The molecule has 23 heavy (non-hydrogen) atoms. The Bertz CT molecular complexity index is 687. The molecule has 3 fully saturated rings. The Balaban J connectivity index is 1.30. The van der Waals surface area contributed by atoms with E-state index >= 15 is 0 Å². The largest absolute Gasteiger partial charge is 0.119 e. The molecule has 0 spiro atoms. The van der Waals surface area contributed by atoms with Crippen molar-refractivity contribution in [3.63, 3.8) is 0 Å². The Morgan fingerprint density at radius 2 is 1.87 bits per heavy atom. The second-order valence-electron chi connectivity index (χ2n) is 8.63. The topological polar surface area (TPSA) is 0 Å². The van der Waals surface area contributed by atoms with Gasteiger partial charge in [0.2, 0.25) is 0 Å². The number of allylic oxidation sites excluding steroid dienone is 2. The van der Waals surface area contributed by atoms with Crippen LogP contribution < -0.4 is 0 Å². The predicted molar refractivity (Wildman–Crippen MR) is 105 cm³/mol. The highest BCUT2D eigenvalue weighted by molar-refractivity contribution is 14.2. The summed E-state index contributed by atoms with van der Waals surface area (Å²) in [6.45, 7) is 0. The van der Waals surface area contributed by atoms with E-state index in [9.17, 15) is 0 Å². The number of hydrogen-bond acceptors (Lipinski definition) is 0. The Kier molecular flexibility index (Phi) is 3.02. The zero-order chi connectivity index (χ0) is 15.0. The number of rotatable bonds is 2. The van der Waals surface area contributed by atoms with Gasteiger partial charge in [0, 0.05) is 3.92 Å². The van der Waals surface area contributed by atoms with E-state index in [1.165, 1.54) is 19.3 Å². The van der Waals surface area contributed by atoms with E-state index in [1.807, 2.05) is 3.51 Å². The van der Waals surface area contributed by atoms with Gasteiger partial charge in [0.25, 0.3) is 0 Å². The molecule has 8 atom stereocenters. The summed E-state index contributed by atoms with van der Waals surface area (Å²) in [6, 6.07) is 11.3. The molecule has 1 aromatic rings. The van der Waals surface area contributed by atoms with Gasteiger partial charge in [-0.25, -0.2) is 0 Å². The standard InChI is InChI=1S/C22H25I/c1-2-5-13(6-3-1)9-15-10-14-11-20(23-15)22-19-12-18(21(14)22)16-7-4-8-17(16)19/h1-6,8,14,16-22H,7,9-12H2. The SMILES string of the molecule is C1=CC2C(C1)C1CC2C2C3CC(CC(Cc4ccccc4)=I3)C12. The molecule has 4 bridgehead atoms. The third-order valence-corrected chi connectivity index (χ3v) is 11.6. The van der Waals surface area contributed by atoms with Crippen molar-refractivity contribution in [3.05, 3.63) is 48.0 Å². The Morgan fingerprint density at radius 3 is 2.78 bits per heavy atom. The van der Waals surface area contributed by atoms with Crippen LogP contribution in [0, 0.1) is 41.4 Å². The van der Waals surface area contributed by atoms with Crippen molar-refractivity contribution in [2.24, 2.45) is 41.4 Å². The molecule has 5 aliphatic rings. The Morgan fingerprint density at radius 1 is 0.957 bits per heavy atom. The molecule has 6 rings (SSSR count). The van der Waals surface area contributed by atoms with Crippen LogP contribution in [0.3, 0.4) is 0 Å². The first-order valence-corrected chi connectivity index (χ1v) is 11.9. The average Bonchev–Trinajstić information content (AvgIpc) is 3.29. The van der Waals surface area contributed by atoms with Crippen molar-refractivity contribution in [2.45, 2.75) is 36.0 Å². The molecular formula is C22H25I. The Labute approximate surface area is 149 Å². The molecular weight excluding hydrogens is 391 g/mol. The van der Waals surface area contributed by atoms with Gasteiger partial charge in [-0.3, -0.25) is 0 Å². The van der Waals surface area contributed by atoms with Crippen LogP contribution in [0.2, 0.25) is 0 Å². The van der Waals surface area contributed by atoms with E-state index in [2.05, 4.69) is 42.5 Å². The van der Waals surface area contributed by atoms with Gasteiger partial charge in [0.15, 0.2) is 0 Å². The molecule has 0 aromatic heterocycles. The molecule has 8 unspecified atom stereocenters. The second kappa shape index (κ2) is 5.03. The van der Waals surface area contributed by atoms with E-state index in [-0.39, 0.29) is 0 Å². The van der Waals surface area contributed by atoms with E-state index in [4.69, 9.17) is 0 Å². The zero-order valence-corrected chi connectivity index (χ0v) is 15.7. The third kappa shape index (κ3) is 1.92. The molecule has 0 radical (unpaired) electrons. The van der Waals surface area contributed by atoms with E-state index < -0.39 is 0 Å². The van der Waals surface area contributed by atoms with Gasteiger partial charge in [-0.1, -0.05) is 42.5 Å². The third-order valence-electron chi connectivity index (χ3n) is 7.79. The molecule has 1 heterocycles. The minimum atomic E-state index is 0.326. The lowest BCUT2D eigenvalue weighted by Crippen LogP contribution is -2.33. The number of benzene rings is 1. The summed E-state index contributed by atoms with van der Waals surface area (Å²) in [6.07, 6.45) is 12.6. The molecule has 1 heteroatoms. The highest BCUT2D eigenvalue weighted by Gasteiger charge is 2.64. The molecule has 0 saturated heterocycles. The van der Waals surface area contributed by atoms with Crippen molar-refractivity contribution < 1.29 is 0 Å². The van der Waals surface area contributed by atoms with Gasteiger partial charge in [0.05, 0.1) is 0 Å². The summed E-state index contributed by atoms with van der Waals surface area (Å²) in [5.74, 6) is 7.64. The van der Waals surface area contributed by atoms with Crippen molar-refractivity contribution >= 4 is 24.2 Å². The molecule has 4 aliphatic carbocycles. The van der Waals surface area contributed by atoms with E-state index in [1.54, 1.807) is 18.4 Å². The van der Waals surface area contributed by atoms with Crippen LogP contribution >= 0.6 is 20.7 Å². The maximum atomic E-state index is 2.63. The van der Waals surface area contributed by atoms with Crippen LogP contribution in [0.25, 0.3) is 0 Å². The molecule has 0 amide bonds. The van der Waals surface area contributed by atoms with Crippen molar-refractivity contribution in [3.8, 4) is 0 Å². The molecule has 1 aliphatic heterocycles. The molecule has 120 valence electrons. The summed E-state index contributed by atoms with van der Waals surface area (Å²) in [5, 5.41) is 0. The zero-order valence-electron chi connectivity index (χ0n) is 13.6. The molecule has 0 N–H and O–H groups in total. The average molecular weight is 416 g/mol. The van der Waals surface area contributed by atoms with Crippen LogP contribution in [-0.4, -0.2) is 7.43 Å². The number of halogens is 1. The highest BCUT2D eigenvalue weighted by Crippen LogP contribution is 2.70. The van der Waals surface area contributed by atoms with Gasteiger partial charge < -0.3 is 0 Å². The van der Waals surface area contributed by atoms with Crippen LogP contribution in [0.5, 0.6) is 0 Å². The lowest BCUT2D eigenvalue weighted by molar-refractivity contribution is 0.132. The van der Waals surface area contributed by atoms with Crippen molar-refractivity contribution in [1.29, 1.82) is 0 Å². The first-order chi connectivity index (χ1) is 11.4. The number of hydrogen-bond donors (Lipinski definition) is 0. The monoisotopic (exact) mass is 416 g/mol. The lowest BCUT2D eigenvalue weighted by atomic mass is 9.68. The van der Waals surface area contributed by atoms with Gasteiger partial charge in [-0.05, 0) is 82.6 Å². The van der Waals surface area contributed by atoms with Gasteiger partial charge in [-0.2, -0.15) is 0 Å². The number of fused-ring (bicyclic) bond motifs is 12. The fourth-order valence-corrected chi connectivity index (χ4v) is 12.2. The molecule has 3 saturated carbocycles. The second-order valence-corrected chi connectivity index (χ2v) is 12.4. The van der Waals surface area contributed by atoms with Crippen LogP contribution in [0.15, 0.2) is 42.5 Å². The minimum Gasteiger partial charge on any atom is -0.119 e. The predicted octanol–water partition coefficient (Wildman–Crippen LogP) is 5.24. The van der Waals surface area contributed by atoms with Gasteiger partial charge in [-0.15, -0.1) is 20.7 Å². The van der Waals surface area contributed by atoms with Gasteiger partial charge in [0.1, 0.15) is 0 Å².